The molecule has 2 spiro atoms. The Hall–Kier alpha value is 0.500. The van der Waals surface area contributed by atoms with Crippen LogP contribution in [0.2, 0.25) is 0 Å². The number of fused-ring (bicyclic) bond motifs is 5. The molecule has 1 aliphatic heterocycles. The van der Waals surface area contributed by atoms with E-state index in [9.17, 15) is 4.21 Å². The minimum atomic E-state index is -0.593. The van der Waals surface area contributed by atoms with E-state index in [4.69, 9.17) is 0 Å². The van der Waals surface area contributed by atoms with E-state index in [1.165, 1.54) is 38.5 Å². The summed E-state index contributed by atoms with van der Waals surface area (Å²) in [5.74, 6) is 0.835. The van der Waals surface area contributed by atoms with Crippen molar-refractivity contribution >= 4 is 20.6 Å². The number of rotatable bonds is 0. The van der Waals surface area contributed by atoms with E-state index in [0.29, 0.717) is 16.2 Å². The third-order valence-electron chi connectivity index (χ3n) is 7.17. The largest absolute Gasteiger partial charge is 0.246 e. The molecule has 4 atom stereocenters. The zero-order valence-electron chi connectivity index (χ0n) is 11.0. The van der Waals surface area contributed by atoms with E-state index in [-0.39, 0.29) is 4.08 Å². The van der Waals surface area contributed by atoms with Crippen molar-refractivity contribution in [3.63, 3.8) is 0 Å². The topological polar surface area (TPSA) is 17.1 Å². The summed E-state index contributed by atoms with van der Waals surface area (Å²) in [6.07, 6.45) is 8.17. The molecule has 1 saturated heterocycles. The molecule has 0 aromatic heterocycles. The van der Waals surface area contributed by atoms with Crippen LogP contribution in [0.15, 0.2) is 0 Å². The molecule has 4 rings (SSSR count). The van der Waals surface area contributed by atoms with Crippen LogP contribution in [0, 0.1) is 22.2 Å². The highest BCUT2D eigenvalue weighted by molar-refractivity contribution is 8.86. The van der Waals surface area contributed by atoms with Crippen LogP contribution in [0.4, 0.5) is 0 Å². The van der Waals surface area contributed by atoms with Gasteiger partial charge >= 0.3 is 0 Å². The first-order valence-corrected chi connectivity index (χ1v) is 9.52. The summed E-state index contributed by atoms with van der Waals surface area (Å²) in [6.45, 7) is 7.39. The molecule has 96 valence electrons. The van der Waals surface area contributed by atoms with E-state index in [2.05, 4.69) is 20.8 Å². The van der Waals surface area contributed by atoms with Crippen molar-refractivity contribution in [2.24, 2.45) is 22.2 Å². The molecule has 0 aromatic rings. The van der Waals surface area contributed by atoms with Crippen molar-refractivity contribution in [1.29, 1.82) is 0 Å². The molecule has 3 aliphatic carbocycles. The van der Waals surface area contributed by atoms with E-state index in [0.717, 1.165) is 5.92 Å². The second kappa shape index (κ2) is 2.82. The van der Waals surface area contributed by atoms with Crippen LogP contribution < -0.4 is 0 Å². The molecule has 3 heteroatoms. The molecule has 0 amide bonds. The number of hydrogen-bond donors (Lipinski definition) is 0. The molecule has 2 unspecified atom stereocenters. The van der Waals surface area contributed by atoms with Crippen LogP contribution >= 0.6 is 10.8 Å². The number of hydrogen-bond acceptors (Lipinski definition) is 2. The Labute approximate surface area is 110 Å². The lowest BCUT2D eigenvalue weighted by atomic mass is 9.68. The quantitative estimate of drug-likeness (QED) is 0.487. The van der Waals surface area contributed by atoms with Gasteiger partial charge in [0.15, 0.2) is 0 Å². The van der Waals surface area contributed by atoms with Crippen molar-refractivity contribution in [1.82, 2.24) is 0 Å². The zero-order valence-corrected chi connectivity index (χ0v) is 12.7. The second-order valence-electron chi connectivity index (χ2n) is 7.44. The van der Waals surface area contributed by atoms with Gasteiger partial charge in [-0.05, 0) is 47.8 Å². The summed E-state index contributed by atoms with van der Waals surface area (Å²) in [4.78, 5) is 0. The Balaban J connectivity index is 1.96. The Morgan fingerprint density at radius 2 is 1.71 bits per heavy atom. The molecular weight excluding hydrogens is 248 g/mol. The highest BCUT2D eigenvalue weighted by atomic mass is 33.2. The highest BCUT2D eigenvalue weighted by Gasteiger charge is 2.88. The summed E-state index contributed by atoms with van der Waals surface area (Å²) >= 11 is 0. The van der Waals surface area contributed by atoms with Gasteiger partial charge in [0.05, 0.1) is 0 Å². The SMILES string of the molecule is CC1(C)[C@@H]2CC[C@@]1(C)C1(SS1=O)C21CCCC1. The van der Waals surface area contributed by atoms with Gasteiger partial charge in [0, 0.05) is 10.8 Å². The Bertz CT molecular complexity index is 424. The first-order valence-electron chi connectivity index (χ1n) is 7.04. The van der Waals surface area contributed by atoms with Crippen molar-refractivity contribution in [2.75, 3.05) is 0 Å². The second-order valence-corrected chi connectivity index (χ2v) is 11.0. The minimum absolute atomic E-state index is 0.156. The zero-order chi connectivity index (χ0) is 12.1. The van der Waals surface area contributed by atoms with Gasteiger partial charge < -0.3 is 0 Å². The molecule has 1 heterocycles. The lowest BCUT2D eigenvalue weighted by molar-refractivity contribution is 0.134. The first kappa shape index (κ1) is 11.3. The maximum Gasteiger partial charge on any atom is 0.125 e. The van der Waals surface area contributed by atoms with Gasteiger partial charge in [-0.2, -0.15) is 0 Å². The van der Waals surface area contributed by atoms with E-state index < -0.39 is 9.83 Å². The van der Waals surface area contributed by atoms with Crippen molar-refractivity contribution in [3.05, 3.63) is 0 Å². The summed E-state index contributed by atoms with van der Waals surface area (Å²) in [6, 6.07) is 0. The van der Waals surface area contributed by atoms with Crippen molar-refractivity contribution in [3.8, 4) is 0 Å². The predicted molar refractivity (Wildman–Crippen MR) is 74.0 cm³/mol. The summed E-state index contributed by atoms with van der Waals surface area (Å²) in [7, 11) is 1.24. The van der Waals surface area contributed by atoms with Gasteiger partial charge in [0.25, 0.3) is 0 Å². The Morgan fingerprint density at radius 3 is 2.24 bits per heavy atom. The van der Waals surface area contributed by atoms with E-state index in [1.54, 1.807) is 0 Å². The highest BCUT2D eigenvalue weighted by Crippen LogP contribution is 2.90. The smallest absolute Gasteiger partial charge is 0.125 e. The average molecular weight is 270 g/mol. The Kier molecular flexibility index (Phi) is 1.88. The van der Waals surface area contributed by atoms with Gasteiger partial charge in [0.2, 0.25) is 0 Å². The molecule has 1 nitrogen and oxygen atoms in total. The molecular formula is C14H22OS2. The standard InChI is InChI=1S/C14H22OS2/c1-11(2)10-6-9-12(11,3)14(16-17(14)15)13(10)7-4-5-8-13/h10H,4-9H2,1-3H3/t10-,12+,14?,17?/m0/s1. The van der Waals surface area contributed by atoms with Gasteiger partial charge in [-0.15, -0.1) is 0 Å². The summed E-state index contributed by atoms with van der Waals surface area (Å²) < 4.78 is 12.6. The summed E-state index contributed by atoms with van der Waals surface area (Å²) in [5.41, 5.74) is 1.17. The van der Waals surface area contributed by atoms with Crippen LogP contribution in [-0.2, 0) is 9.83 Å². The average Bonchev–Trinajstić information content (AvgIpc) is 2.62. The lowest BCUT2D eigenvalue weighted by Crippen LogP contribution is -2.45. The molecule has 0 radical (unpaired) electrons. The third-order valence-corrected chi connectivity index (χ3v) is 11.6. The molecule has 2 bridgehead atoms. The normalized spacial score (nSPS) is 57.1. The van der Waals surface area contributed by atoms with Crippen molar-refractivity contribution < 1.29 is 4.21 Å². The molecule has 17 heavy (non-hydrogen) atoms. The van der Waals surface area contributed by atoms with Crippen LogP contribution in [0.1, 0.15) is 59.3 Å². The van der Waals surface area contributed by atoms with Gasteiger partial charge in [-0.25, -0.2) is 4.21 Å². The van der Waals surface area contributed by atoms with Gasteiger partial charge in [0.1, 0.15) is 13.9 Å². The monoisotopic (exact) mass is 270 g/mol. The van der Waals surface area contributed by atoms with Gasteiger partial charge in [-0.3, -0.25) is 0 Å². The first-order chi connectivity index (χ1) is 7.92. The summed E-state index contributed by atoms with van der Waals surface area (Å²) in [5, 5.41) is 0. The molecule has 4 aliphatic rings. The minimum Gasteiger partial charge on any atom is -0.246 e. The lowest BCUT2D eigenvalue weighted by Gasteiger charge is -2.42. The fraction of sp³-hybridized carbons (Fsp3) is 1.00. The van der Waals surface area contributed by atoms with Crippen LogP contribution in [0.3, 0.4) is 0 Å². The molecule has 0 N–H and O–H groups in total. The van der Waals surface area contributed by atoms with Gasteiger partial charge in [-0.1, -0.05) is 33.6 Å². The maximum absolute atomic E-state index is 12.4. The van der Waals surface area contributed by atoms with Crippen LogP contribution in [0.25, 0.3) is 0 Å². The maximum atomic E-state index is 12.4. The van der Waals surface area contributed by atoms with Crippen LogP contribution in [-0.4, -0.2) is 8.29 Å². The van der Waals surface area contributed by atoms with E-state index in [1.807, 2.05) is 10.8 Å². The van der Waals surface area contributed by atoms with Crippen molar-refractivity contribution in [2.45, 2.75) is 63.4 Å². The fourth-order valence-electron chi connectivity index (χ4n) is 6.13. The van der Waals surface area contributed by atoms with Crippen LogP contribution in [0.5, 0.6) is 0 Å². The molecule has 3 saturated carbocycles. The predicted octanol–water partition coefficient (Wildman–Crippen LogP) is 4.11. The van der Waals surface area contributed by atoms with E-state index >= 15 is 0 Å². The molecule has 4 fully saturated rings. The fourth-order valence-corrected chi connectivity index (χ4v) is 11.7. The third kappa shape index (κ3) is 0.860. The Morgan fingerprint density at radius 1 is 1.12 bits per heavy atom. The molecule has 0 aromatic carbocycles.